The molecule has 14 heavy (non-hydrogen) atoms. The number of nitrogens with zero attached hydrogens (tertiary/aromatic N) is 1. The summed E-state index contributed by atoms with van der Waals surface area (Å²) in [5.41, 5.74) is -0.753. The summed E-state index contributed by atoms with van der Waals surface area (Å²) in [6.07, 6.45) is 1.13. The van der Waals surface area contributed by atoms with Gasteiger partial charge in [-0.15, -0.1) is 0 Å². The summed E-state index contributed by atoms with van der Waals surface area (Å²) in [6.45, 7) is 3.85. The van der Waals surface area contributed by atoms with Crippen molar-refractivity contribution in [3.05, 3.63) is 0 Å². The molecule has 1 heterocycles. The molecule has 1 saturated heterocycles. The van der Waals surface area contributed by atoms with Crippen LogP contribution in [0, 0.1) is 0 Å². The SMILES string of the molecule is CC1CC(C(=O)O)(N(C)C)CC(C)O1. The van der Waals surface area contributed by atoms with Crippen LogP contribution < -0.4 is 0 Å². The van der Waals surface area contributed by atoms with E-state index < -0.39 is 11.5 Å². The highest BCUT2D eigenvalue weighted by molar-refractivity contribution is 5.79. The van der Waals surface area contributed by atoms with Crippen molar-refractivity contribution in [2.24, 2.45) is 0 Å². The molecule has 0 bridgehead atoms. The molecule has 0 spiro atoms. The monoisotopic (exact) mass is 201 g/mol. The fourth-order valence-electron chi connectivity index (χ4n) is 2.26. The van der Waals surface area contributed by atoms with E-state index in [0.29, 0.717) is 12.8 Å². The number of carboxylic acids is 1. The van der Waals surface area contributed by atoms with Crippen LogP contribution in [-0.2, 0) is 9.53 Å². The molecular formula is C10H19NO3. The third kappa shape index (κ3) is 1.91. The maximum Gasteiger partial charge on any atom is 0.324 e. The highest BCUT2D eigenvalue weighted by Crippen LogP contribution is 2.32. The van der Waals surface area contributed by atoms with E-state index in [0.717, 1.165) is 0 Å². The Bertz CT molecular complexity index is 217. The zero-order chi connectivity index (χ0) is 10.9. The number of carbonyl (C=O) groups is 1. The van der Waals surface area contributed by atoms with Crippen LogP contribution in [0.5, 0.6) is 0 Å². The zero-order valence-corrected chi connectivity index (χ0v) is 9.28. The molecule has 1 fully saturated rings. The van der Waals surface area contributed by atoms with E-state index in [4.69, 9.17) is 4.74 Å². The summed E-state index contributed by atoms with van der Waals surface area (Å²) in [5.74, 6) is -0.746. The van der Waals surface area contributed by atoms with Crippen molar-refractivity contribution in [1.29, 1.82) is 0 Å². The number of carboxylic acid groups (broad SMARTS) is 1. The van der Waals surface area contributed by atoms with Crippen molar-refractivity contribution in [3.8, 4) is 0 Å². The van der Waals surface area contributed by atoms with Crippen LogP contribution in [0.2, 0.25) is 0 Å². The highest BCUT2D eigenvalue weighted by atomic mass is 16.5. The van der Waals surface area contributed by atoms with Crippen molar-refractivity contribution in [1.82, 2.24) is 4.90 Å². The molecule has 82 valence electrons. The van der Waals surface area contributed by atoms with Gasteiger partial charge in [-0.3, -0.25) is 9.69 Å². The van der Waals surface area contributed by atoms with Gasteiger partial charge in [-0.2, -0.15) is 0 Å². The lowest BCUT2D eigenvalue weighted by Gasteiger charge is -2.43. The molecule has 1 aliphatic heterocycles. The van der Waals surface area contributed by atoms with E-state index in [1.54, 1.807) is 4.90 Å². The molecule has 1 aliphatic rings. The van der Waals surface area contributed by atoms with Crippen molar-refractivity contribution >= 4 is 5.97 Å². The first-order valence-corrected chi connectivity index (χ1v) is 4.95. The van der Waals surface area contributed by atoms with Gasteiger partial charge in [-0.05, 0) is 27.9 Å². The number of aliphatic carboxylic acids is 1. The Morgan fingerprint density at radius 3 is 2.07 bits per heavy atom. The summed E-state index contributed by atoms with van der Waals surface area (Å²) in [4.78, 5) is 13.1. The van der Waals surface area contributed by atoms with Crippen LogP contribution in [0.4, 0.5) is 0 Å². The first-order chi connectivity index (χ1) is 6.38. The molecule has 0 saturated carbocycles. The number of rotatable bonds is 2. The number of likely N-dealkylation sites (N-methyl/N-ethyl adjacent to an activating group) is 1. The maximum atomic E-state index is 11.3. The first kappa shape index (κ1) is 11.5. The molecule has 4 nitrogen and oxygen atoms in total. The minimum absolute atomic E-state index is 0.0113. The highest BCUT2D eigenvalue weighted by Gasteiger charge is 2.46. The van der Waals surface area contributed by atoms with E-state index in [1.165, 1.54) is 0 Å². The van der Waals surface area contributed by atoms with Crippen LogP contribution in [-0.4, -0.2) is 47.8 Å². The topological polar surface area (TPSA) is 49.8 Å². The maximum absolute atomic E-state index is 11.3. The Balaban J connectivity index is 2.91. The van der Waals surface area contributed by atoms with Crippen molar-refractivity contribution in [2.45, 2.75) is 44.4 Å². The predicted octanol–water partition coefficient (Wildman–Crippen LogP) is 0.959. The standard InChI is InChI=1S/C10H19NO3/c1-7-5-10(9(12)13,11(3)4)6-8(2)14-7/h7-8H,5-6H2,1-4H3,(H,12,13). The van der Waals surface area contributed by atoms with Crippen LogP contribution in [0.1, 0.15) is 26.7 Å². The Kier molecular flexibility index (Phi) is 3.17. The van der Waals surface area contributed by atoms with E-state index >= 15 is 0 Å². The Morgan fingerprint density at radius 1 is 1.36 bits per heavy atom. The average Bonchev–Trinajstić information content (AvgIpc) is 2.01. The molecule has 2 unspecified atom stereocenters. The van der Waals surface area contributed by atoms with Gasteiger partial charge < -0.3 is 9.84 Å². The third-order valence-electron chi connectivity index (χ3n) is 2.97. The second-order valence-corrected chi connectivity index (χ2v) is 4.40. The van der Waals surface area contributed by atoms with E-state index in [2.05, 4.69) is 0 Å². The van der Waals surface area contributed by atoms with Crippen LogP contribution in [0.25, 0.3) is 0 Å². The molecule has 0 radical (unpaired) electrons. The van der Waals surface area contributed by atoms with Gasteiger partial charge in [0.15, 0.2) is 0 Å². The largest absolute Gasteiger partial charge is 0.480 e. The molecule has 0 amide bonds. The van der Waals surface area contributed by atoms with Gasteiger partial charge in [-0.1, -0.05) is 0 Å². The van der Waals surface area contributed by atoms with E-state index in [-0.39, 0.29) is 12.2 Å². The summed E-state index contributed by atoms with van der Waals surface area (Å²) in [6, 6.07) is 0. The second kappa shape index (κ2) is 3.87. The van der Waals surface area contributed by atoms with Gasteiger partial charge in [0, 0.05) is 12.8 Å². The van der Waals surface area contributed by atoms with E-state index in [1.807, 2.05) is 27.9 Å². The minimum Gasteiger partial charge on any atom is -0.480 e. The molecule has 4 heteroatoms. The molecule has 0 aromatic rings. The molecule has 0 aromatic carbocycles. The smallest absolute Gasteiger partial charge is 0.324 e. The van der Waals surface area contributed by atoms with Crippen LogP contribution >= 0.6 is 0 Å². The molecule has 2 atom stereocenters. The van der Waals surface area contributed by atoms with Gasteiger partial charge in [0.2, 0.25) is 0 Å². The van der Waals surface area contributed by atoms with Crippen LogP contribution in [0.15, 0.2) is 0 Å². The lowest BCUT2D eigenvalue weighted by molar-refractivity contribution is -0.165. The number of hydrogen-bond donors (Lipinski definition) is 1. The van der Waals surface area contributed by atoms with Gasteiger partial charge >= 0.3 is 5.97 Å². The van der Waals surface area contributed by atoms with Gasteiger partial charge in [0.1, 0.15) is 5.54 Å². The summed E-state index contributed by atoms with van der Waals surface area (Å²) in [5, 5.41) is 9.30. The van der Waals surface area contributed by atoms with Gasteiger partial charge in [0.05, 0.1) is 12.2 Å². The lowest BCUT2D eigenvalue weighted by atomic mass is 9.83. The van der Waals surface area contributed by atoms with Crippen LogP contribution in [0.3, 0.4) is 0 Å². The van der Waals surface area contributed by atoms with Crippen molar-refractivity contribution < 1.29 is 14.6 Å². The van der Waals surface area contributed by atoms with E-state index in [9.17, 15) is 9.90 Å². The fraction of sp³-hybridized carbons (Fsp3) is 0.900. The number of ether oxygens (including phenoxy) is 1. The minimum atomic E-state index is -0.753. The third-order valence-corrected chi connectivity index (χ3v) is 2.97. The number of hydrogen-bond acceptors (Lipinski definition) is 3. The zero-order valence-electron chi connectivity index (χ0n) is 9.28. The lowest BCUT2D eigenvalue weighted by Crippen LogP contribution is -2.57. The molecule has 0 aliphatic carbocycles. The molecule has 1 rings (SSSR count). The van der Waals surface area contributed by atoms with Gasteiger partial charge in [0.25, 0.3) is 0 Å². The Labute approximate surface area is 84.8 Å². The van der Waals surface area contributed by atoms with Gasteiger partial charge in [-0.25, -0.2) is 0 Å². The Hall–Kier alpha value is -0.610. The fourth-order valence-corrected chi connectivity index (χ4v) is 2.26. The van der Waals surface area contributed by atoms with Crippen molar-refractivity contribution in [3.63, 3.8) is 0 Å². The first-order valence-electron chi connectivity index (χ1n) is 4.95. The Morgan fingerprint density at radius 2 is 1.79 bits per heavy atom. The summed E-state index contributed by atoms with van der Waals surface area (Å²) < 4.78 is 5.55. The van der Waals surface area contributed by atoms with Crippen molar-refractivity contribution in [2.75, 3.05) is 14.1 Å². The normalized spacial score (nSPS) is 38.6. The molecule has 1 N–H and O–H groups in total. The quantitative estimate of drug-likeness (QED) is 0.723. The summed E-state index contributed by atoms with van der Waals surface area (Å²) >= 11 is 0. The predicted molar refractivity (Wildman–Crippen MR) is 53.3 cm³/mol. The second-order valence-electron chi connectivity index (χ2n) is 4.40. The molecule has 0 aromatic heterocycles. The summed E-state index contributed by atoms with van der Waals surface area (Å²) in [7, 11) is 3.64. The molecular weight excluding hydrogens is 182 g/mol. The average molecular weight is 201 g/mol.